The maximum atomic E-state index is 13.7. The molecular weight excluding hydrogens is 373 g/mol. The van der Waals surface area contributed by atoms with E-state index in [2.05, 4.69) is 15.0 Å². The van der Waals surface area contributed by atoms with E-state index in [0.29, 0.717) is 16.4 Å². The lowest BCUT2D eigenvalue weighted by Crippen LogP contribution is -2.16. The highest BCUT2D eigenvalue weighted by Gasteiger charge is 2.37. The Morgan fingerprint density at radius 1 is 1.07 bits per heavy atom. The highest BCUT2D eigenvalue weighted by atomic mass is 32.1. The zero-order valence-electron chi connectivity index (χ0n) is 14.9. The van der Waals surface area contributed by atoms with Crippen molar-refractivity contribution in [3.05, 3.63) is 41.6 Å². The fourth-order valence-electron chi connectivity index (χ4n) is 2.97. The molecule has 0 saturated carbocycles. The van der Waals surface area contributed by atoms with Crippen molar-refractivity contribution in [2.75, 3.05) is 5.73 Å². The summed E-state index contributed by atoms with van der Waals surface area (Å²) in [6, 6.07) is 8.49. The molecule has 1 aromatic carbocycles. The molecule has 0 atom stereocenters. The minimum Gasteiger partial charge on any atom is -0.397 e. The van der Waals surface area contributed by atoms with E-state index in [-0.39, 0.29) is 15.9 Å². The first kappa shape index (κ1) is 17.8. The maximum absolute atomic E-state index is 13.7. The van der Waals surface area contributed by atoms with Crippen LogP contribution in [-0.4, -0.2) is 15.0 Å². The van der Waals surface area contributed by atoms with Crippen molar-refractivity contribution >= 4 is 38.3 Å². The van der Waals surface area contributed by atoms with Crippen molar-refractivity contribution in [2.24, 2.45) is 0 Å². The molecule has 0 unspecified atom stereocenters. The molecule has 140 valence electrons. The number of nitrogen functional groups attached to an aromatic ring is 1. The molecule has 0 aliphatic heterocycles. The van der Waals surface area contributed by atoms with E-state index < -0.39 is 17.2 Å². The number of fused-ring (bicyclic) bond motifs is 2. The second kappa shape index (κ2) is 5.69. The van der Waals surface area contributed by atoms with E-state index >= 15 is 0 Å². The Morgan fingerprint density at radius 2 is 1.78 bits per heavy atom. The molecule has 0 radical (unpaired) electrons. The molecule has 8 heteroatoms. The van der Waals surface area contributed by atoms with Gasteiger partial charge in [-0.15, -0.1) is 11.3 Å². The van der Waals surface area contributed by atoms with Crippen LogP contribution in [0.15, 0.2) is 30.3 Å². The molecule has 4 nitrogen and oxygen atoms in total. The number of thiophene rings is 1. The summed E-state index contributed by atoms with van der Waals surface area (Å²) in [4.78, 5) is 12.8. The number of rotatable bonds is 1. The second-order valence-electron chi connectivity index (χ2n) is 7.43. The molecule has 4 aromatic rings. The Balaban J connectivity index is 2.03. The number of hydrogen-bond donors (Lipinski definition) is 2. The van der Waals surface area contributed by atoms with Crippen LogP contribution >= 0.6 is 11.3 Å². The van der Waals surface area contributed by atoms with Crippen LogP contribution in [0.5, 0.6) is 0 Å². The molecule has 0 spiro atoms. The number of alkyl halides is 3. The summed E-state index contributed by atoms with van der Waals surface area (Å²) in [5, 5.41) is -0.0593. The number of benzene rings is 1. The standard InChI is InChI=1S/C19H17F3N4S/c1-18(2,3)12-8-9(19(20,21)22)13-14(23)15(27-17(13)26-12)16-24-10-6-4-5-7-11(10)25-16/h4-8H,23H2,1-3H3,(H,24,25). The molecule has 0 bridgehead atoms. The summed E-state index contributed by atoms with van der Waals surface area (Å²) in [5.41, 5.74) is 6.83. The monoisotopic (exact) mass is 390 g/mol. The van der Waals surface area contributed by atoms with Crippen molar-refractivity contribution in [3.63, 3.8) is 0 Å². The molecule has 0 aliphatic carbocycles. The Kier molecular flexibility index (Phi) is 3.75. The van der Waals surface area contributed by atoms with E-state index in [9.17, 15) is 13.2 Å². The SMILES string of the molecule is CC(C)(C)c1cc(C(F)(F)F)c2c(N)c(-c3nc4ccccc4[nH]3)sc2n1. The summed E-state index contributed by atoms with van der Waals surface area (Å²) in [6.07, 6.45) is -4.53. The first-order chi connectivity index (χ1) is 12.6. The van der Waals surface area contributed by atoms with Gasteiger partial charge in [-0.3, -0.25) is 0 Å². The predicted molar refractivity (Wildman–Crippen MR) is 103 cm³/mol. The van der Waals surface area contributed by atoms with E-state index in [1.54, 1.807) is 0 Å². The van der Waals surface area contributed by atoms with Gasteiger partial charge in [-0.25, -0.2) is 9.97 Å². The van der Waals surface area contributed by atoms with Gasteiger partial charge < -0.3 is 10.7 Å². The minimum atomic E-state index is -4.53. The number of para-hydroxylation sites is 2. The van der Waals surface area contributed by atoms with E-state index in [0.717, 1.165) is 28.4 Å². The lowest BCUT2D eigenvalue weighted by atomic mass is 9.90. The van der Waals surface area contributed by atoms with E-state index in [1.165, 1.54) is 0 Å². The number of H-pyrrole nitrogens is 1. The third kappa shape index (κ3) is 2.93. The average molecular weight is 390 g/mol. The number of halogens is 3. The Hall–Kier alpha value is -2.61. The molecule has 0 fully saturated rings. The molecule has 0 saturated heterocycles. The molecule has 27 heavy (non-hydrogen) atoms. The van der Waals surface area contributed by atoms with Crippen molar-refractivity contribution < 1.29 is 13.2 Å². The first-order valence-electron chi connectivity index (χ1n) is 8.31. The summed E-state index contributed by atoms with van der Waals surface area (Å²) in [5.74, 6) is 0.446. The van der Waals surface area contributed by atoms with Crippen LogP contribution < -0.4 is 5.73 Å². The lowest BCUT2D eigenvalue weighted by Gasteiger charge is -2.20. The number of imidazole rings is 1. The maximum Gasteiger partial charge on any atom is 0.417 e. The van der Waals surface area contributed by atoms with Crippen LogP contribution in [0.2, 0.25) is 0 Å². The normalized spacial score (nSPS) is 13.0. The fourth-order valence-corrected chi connectivity index (χ4v) is 4.03. The zero-order chi connectivity index (χ0) is 19.6. The third-order valence-corrected chi connectivity index (χ3v) is 5.48. The van der Waals surface area contributed by atoms with Crippen LogP contribution in [0.4, 0.5) is 18.9 Å². The van der Waals surface area contributed by atoms with Crippen molar-refractivity contribution in [3.8, 4) is 10.7 Å². The van der Waals surface area contributed by atoms with E-state index in [1.807, 2.05) is 45.0 Å². The topological polar surface area (TPSA) is 67.6 Å². The first-order valence-corrected chi connectivity index (χ1v) is 9.13. The van der Waals surface area contributed by atoms with Gasteiger partial charge in [0.25, 0.3) is 0 Å². The van der Waals surface area contributed by atoms with Gasteiger partial charge in [-0.2, -0.15) is 13.2 Å². The van der Waals surface area contributed by atoms with Crippen LogP contribution in [0, 0.1) is 0 Å². The molecule has 3 aromatic heterocycles. The highest BCUT2D eigenvalue weighted by Crippen LogP contribution is 2.46. The fraction of sp³-hybridized carbons (Fsp3) is 0.263. The minimum absolute atomic E-state index is 0.0503. The number of aromatic nitrogens is 3. The Morgan fingerprint density at radius 3 is 2.41 bits per heavy atom. The highest BCUT2D eigenvalue weighted by molar-refractivity contribution is 7.22. The van der Waals surface area contributed by atoms with Gasteiger partial charge in [-0.05, 0) is 18.2 Å². The Labute approximate surface area is 157 Å². The van der Waals surface area contributed by atoms with Gasteiger partial charge in [0.15, 0.2) is 5.82 Å². The molecular formula is C19H17F3N4S. The van der Waals surface area contributed by atoms with Crippen LogP contribution in [-0.2, 0) is 11.6 Å². The summed E-state index contributed by atoms with van der Waals surface area (Å²) >= 11 is 1.12. The molecule has 3 heterocycles. The molecule has 3 N–H and O–H groups in total. The van der Waals surface area contributed by atoms with Crippen molar-refractivity contribution in [2.45, 2.75) is 32.4 Å². The summed E-state index contributed by atoms with van der Waals surface area (Å²) in [6.45, 7) is 5.50. The number of aromatic amines is 1. The summed E-state index contributed by atoms with van der Waals surface area (Å²) < 4.78 is 41.2. The lowest BCUT2D eigenvalue weighted by molar-refractivity contribution is -0.136. The largest absolute Gasteiger partial charge is 0.417 e. The van der Waals surface area contributed by atoms with Gasteiger partial charge in [-0.1, -0.05) is 32.9 Å². The van der Waals surface area contributed by atoms with E-state index in [4.69, 9.17) is 5.73 Å². The number of nitrogens with one attached hydrogen (secondary N) is 1. The smallest absolute Gasteiger partial charge is 0.397 e. The van der Waals surface area contributed by atoms with Crippen molar-refractivity contribution in [1.29, 1.82) is 0 Å². The summed E-state index contributed by atoms with van der Waals surface area (Å²) in [7, 11) is 0. The molecule has 0 aliphatic rings. The van der Waals surface area contributed by atoms with Crippen molar-refractivity contribution in [1.82, 2.24) is 15.0 Å². The molecule has 0 amide bonds. The van der Waals surface area contributed by atoms with Crippen LogP contribution in [0.3, 0.4) is 0 Å². The number of anilines is 1. The quantitative estimate of drug-likeness (QED) is 0.436. The number of nitrogens with two attached hydrogens (primary N) is 1. The Bertz CT molecular complexity index is 1130. The predicted octanol–water partition coefficient (Wildman–Crippen LogP) is 5.74. The van der Waals surface area contributed by atoms with Gasteiger partial charge in [0.05, 0.1) is 27.2 Å². The second-order valence-corrected chi connectivity index (χ2v) is 8.43. The van der Waals surface area contributed by atoms with Gasteiger partial charge in [0.1, 0.15) is 4.83 Å². The number of nitrogens with zero attached hydrogens (tertiary/aromatic N) is 2. The number of pyridine rings is 1. The average Bonchev–Trinajstić information content (AvgIpc) is 3.13. The number of hydrogen-bond acceptors (Lipinski definition) is 4. The van der Waals surface area contributed by atoms with Gasteiger partial charge in [0.2, 0.25) is 0 Å². The van der Waals surface area contributed by atoms with Crippen LogP contribution in [0.25, 0.3) is 32.0 Å². The van der Waals surface area contributed by atoms with Crippen LogP contribution in [0.1, 0.15) is 32.0 Å². The van der Waals surface area contributed by atoms with Gasteiger partial charge in [0, 0.05) is 16.5 Å². The van der Waals surface area contributed by atoms with Gasteiger partial charge >= 0.3 is 6.18 Å². The molecule has 4 rings (SSSR count). The third-order valence-electron chi connectivity index (χ3n) is 4.38. The zero-order valence-corrected chi connectivity index (χ0v) is 15.7.